The average Bonchev–Trinajstić information content (AvgIpc) is 3.12. The topological polar surface area (TPSA) is 69.6 Å². The molecule has 120 valence electrons. The molecule has 3 heterocycles. The molecule has 0 aromatic carbocycles. The van der Waals surface area contributed by atoms with E-state index in [9.17, 15) is 13.2 Å². The van der Waals surface area contributed by atoms with E-state index >= 15 is 0 Å². The summed E-state index contributed by atoms with van der Waals surface area (Å²) in [5, 5.41) is 11.4. The van der Waals surface area contributed by atoms with Crippen molar-refractivity contribution in [1.29, 1.82) is 0 Å². The van der Waals surface area contributed by atoms with Gasteiger partial charge < -0.3 is 4.42 Å². The number of rotatable bonds is 4. The third-order valence-corrected chi connectivity index (χ3v) is 3.20. The van der Waals surface area contributed by atoms with Crippen LogP contribution in [0, 0.1) is 6.92 Å². The fraction of sp³-hybridized carbons (Fsp3) is 0.286. The number of pyridine rings is 1. The molecular formula is C14H12F3N5O. The Kier molecular flexibility index (Phi) is 3.85. The Bertz CT molecular complexity index is 794. The first kappa shape index (κ1) is 15.2. The molecule has 0 N–H and O–H groups in total. The lowest BCUT2D eigenvalue weighted by atomic mass is 10.3. The second-order valence-electron chi connectivity index (χ2n) is 4.88. The summed E-state index contributed by atoms with van der Waals surface area (Å²) in [6.45, 7) is 1.79. The molecule has 9 heteroatoms. The standard InChI is InChI=1S/C14H12F3N5O/c1-9-8-11(14(15,16)17)21-22(9)7-4-12-19-20-13(23-12)10-2-5-18-6-3-10/h2-3,5-6,8H,4,7H2,1H3. The Morgan fingerprint density at radius 1 is 1.17 bits per heavy atom. The molecule has 0 unspecified atom stereocenters. The lowest BCUT2D eigenvalue weighted by Gasteiger charge is -2.02. The van der Waals surface area contributed by atoms with E-state index in [-0.39, 0.29) is 13.0 Å². The fourth-order valence-corrected chi connectivity index (χ4v) is 2.04. The minimum atomic E-state index is -4.45. The maximum absolute atomic E-state index is 12.6. The zero-order chi connectivity index (χ0) is 16.4. The summed E-state index contributed by atoms with van der Waals surface area (Å²) in [6, 6.07) is 4.46. The monoisotopic (exact) mass is 323 g/mol. The summed E-state index contributed by atoms with van der Waals surface area (Å²) in [5.74, 6) is 0.677. The van der Waals surface area contributed by atoms with Crippen LogP contribution in [-0.4, -0.2) is 25.0 Å². The Labute approximate surface area is 129 Å². The molecule has 0 aliphatic carbocycles. The lowest BCUT2D eigenvalue weighted by molar-refractivity contribution is -0.141. The number of hydrogen-bond acceptors (Lipinski definition) is 5. The van der Waals surface area contributed by atoms with Gasteiger partial charge >= 0.3 is 6.18 Å². The number of alkyl halides is 3. The highest BCUT2D eigenvalue weighted by Crippen LogP contribution is 2.28. The van der Waals surface area contributed by atoms with Gasteiger partial charge in [-0.3, -0.25) is 9.67 Å². The third kappa shape index (κ3) is 3.38. The third-order valence-electron chi connectivity index (χ3n) is 3.20. The lowest BCUT2D eigenvalue weighted by Crippen LogP contribution is -2.09. The Morgan fingerprint density at radius 2 is 1.91 bits per heavy atom. The van der Waals surface area contributed by atoms with Gasteiger partial charge in [0, 0.05) is 36.6 Å². The van der Waals surface area contributed by atoms with Gasteiger partial charge in [-0.15, -0.1) is 10.2 Å². The van der Waals surface area contributed by atoms with Crippen molar-refractivity contribution in [3.8, 4) is 11.5 Å². The first-order valence-corrected chi connectivity index (χ1v) is 6.78. The molecule has 0 saturated carbocycles. The first-order chi connectivity index (χ1) is 10.9. The molecule has 0 bridgehead atoms. The van der Waals surface area contributed by atoms with Crippen molar-refractivity contribution in [2.45, 2.75) is 26.1 Å². The molecule has 0 fully saturated rings. The summed E-state index contributed by atoms with van der Waals surface area (Å²) in [5.41, 5.74) is 0.248. The summed E-state index contributed by atoms with van der Waals surface area (Å²) < 4.78 is 44.6. The highest BCUT2D eigenvalue weighted by atomic mass is 19.4. The van der Waals surface area contributed by atoms with Gasteiger partial charge in [-0.1, -0.05) is 0 Å². The summed E-state index contributed by atoms with van der Waals surface area (Å²) in [7, 11) is 0. The number of nitrogens with zero attached hydrogens (tertiary/aromatic N) is 5. The zero-order valence-electron chi connectivity index (χ0n) is 12.1. The van der Waals surface area contributed by atoms with Crippen molar-refractivity contribution in [3.05, 3.63) is 47.9 Å². The largest absolute Gasteiger partial charge is 0.435 e. The second kappa shape index (κ2) is 5.82. The van der Waals surface area contributed by atoms with E-state index < -0.39 is 11.9 Å². The molecule has 3 aromatic heterocycles. The van der Waals surface area contributed by atoms with Gasteiger partial charge in [0.1, 0.15) is 0 Å². The molecule has 6 nitrogen and oxygen atoms in total. The Balaban J connectivity index is 1.70. The van der Waals surface area contributed by atoms with Crippen molar-refractivity contribution < 1.29 is 17.6 Å². The van der Waals surface area contributed by atoms with Gasteiger partial charge in [-0.2, -0.15) is 18.3 Å². The highest BCUT2D eigenvalue weighted by Gasteiger charge is 2.34. The van der Waals surface area contributed by atoms with Gasteiger partial charge in [0.05, 0.1) is 0 Å². The molecule has 0 aliphatic rings. The number of aromatic nitrogens is 5. The molecule has 3 aromatic rings. The smallest absolute Gasteiger partial charge is 0.421 e. The SMILES string of the molecule is Cc1cc(C(F)(F)F)nn1CCc1nnc(-c2ccncc2)o1. The van der Waals surface area contributed by atoms with Crippen molar-refractivity contribution >= 4 is 0 Å². The minimum absolute atomic E-state index is 0.222. The summed E-state index contributed by atoms with van der Waals surface area (Å²) >= 11 is 0. The van der Waals surface area contributed by atoms with Gasteiger partial charge in [-0.05, 0) is 25.1 Å². The maximum atomic E-state index is 12.6. The zero-order valence-corrected chi connectivity index (χ0v) is 12.1. The predicted molar refractivity (Wildman–Crippen MR) is 73.2 cm³/mol. The van der Waals surface area contributed by atoms with Crippen LogP contribution in [-0.2, 0) is 19.1 Å². The number of hydrogen-bond donors (Lipinski definition) is 0. The fourth-order valence-electron chi connectivity index (χ4n) is 2.04. The second-order valence-corrected chi connectivity index (χ2v) is 4.88. The van der Waals surface area contributed by atoms with E-state index in [4.69, 9.17) is 4.42 Å². The summed E-state index contributed by atoms with van der Waals surface area (Å²) in [6.07, 6.45) is -0.955. The van der Waals surface area contributed by atoms with Crippen molar-refractivity contribution in [1.82, 2.24) is 25.0 Å². The molecule has 0 spiro atoms. The van der Waals surface area contributed by atoms with Crippen LogP contribution in [0.1, 0.15) is 17.3 Å². The average molecular weight is 323 g/mol. The van der Waals surface area contributed by atoms with Crippen molar-refractivity contribution in [2.24, 2.45) is 0 Å². The van der Waals surface area contributed by atoms with Gasteiger partial charge in [0.2, 0.25) is 11.8 Å². The van der Waals surface area contributed by atoms with Crippen LogP contribution < -0.4 is 0 Å². The first-order valence-electron chi connectivity index (χ1n) is 6.78. The van der Waals surface area contributed by atoms with Crippen LogP contribution in [0.15, 0.2) is 35.0 Å². The van der Waals surface area contributed by atoms with E-state index in [1.807, 2.05) is 0 Å². The Hall–Kier alpha value is -2.71. The molecule has 0 amide bonds. The molecule has 23 heavy (non-hydrogen) atoms. The van der Waals surface area contributed by atoms with E-state index in [1.165, 1.54) is 4.68 Å². The summed E-state index contributed by atoms with van der Waals surface area (Å²) in [4.78, 5) is 3.89. The van der Waals surface area contributed by atoms with Gasteiger partial charge in [0.25, 0.3) is 0 Å². The molecular weight excluding hydrogens is 311 g/mol. The molecule has 0 aliphatic heterocycles. The predicted octanol–water partition coefficient (Wildman–Crippen LogP) is 2.90. The van der Waals surface area contributed by atoms with Crippen LogP contribution >= 0.6 is 0 Å². The minimum Gasteiger partial charge on any atom is -0.421 e. The quantitative estimate of drug-likeness (QED) is 0.738. The molecule has 0 atom stereocenters. The van der Waals surface area contributed by atoms with Crippen LogP contribution in [0.4, 0.5) is 13.2 Å². The van der Waals surface area contributed by atoms with E-state index in [1.54, 1.807) is 31.5 Å². The van der Waals surface area contributed by atoms with Crippen LogP contribution in [0.25, 0.3) is 11.5 Å². The van der Waals surface area contributed by atoms with Crippen LogP contribution in [0.3, 0.4) is 0 Å². The molecule has 0 saturated heterocycles. The highest BCUT2D eigenvalue weighted by molar-refractivity contribution is 5.50. The number of aryl methyl sites for hydroxylation is 3. The van der Waals surface area contributed by atoms with Crippen LogP contribution in [0.2, 0.25) is 0 Å². The van der Waals surface area contributed by atoms with Gasteiger partial charge in [0.15, 0.2) is 5.69 Å². The molecule has 3 rings (SSSR count). The van der Waals surface area contributed by atoms with E-state index in [0.29, 0.717) is 17.5 Å². The Morgan fingerprint density at radius 3 is 2.57 bits per heavy atom. The van der Waals surface area contributed by atoms with Gasteiger partial charge in [-0.25, -0.2) is 0 Å². The number of halogens is 3. The molecule has 0 radical (unpaired) electrons. The van der Waals surface area contributed by atoms with E-state index in [0.717, 1.165) is 11.6 Å². The van der Waals surface area contributed by atoms with Crippen molar-refractivity contribution in [2.75, 3.05) is 0 Å². The van der Waals surface area contributed by atoms with Crippen LogP contribution in [0.5, 0.6) is 0 Å². The van der Waals surface area contributed by atoms with Crippen molar-refractivity contribution in [3.63, 3.8) is 0 Å². The maximum Gasteiger partial charge on any atom is 0.435 e. The van der Waals surface area contributed by atoms with E-state index in [2.05, 4.69) is 20.3 Å². The normalized spacial score (nSPS) is 11.8.